The molecule has 0 atom stereocenters. The smallest absolute Gasteiger partial charge is 0.344 e. The van der Waals surface area contributed by atoms with Crippen LogP contribution in [0.2, 0.25) is 10.0 Å². The van der Waals surface area contributed by atoms with Crippen LogP contribution < -0.4 is 10.5 Å². The van der Waals surface area contributed by atoms with Crippen molar-refractivity contribution in [3.63, 3.8) is 0 Å². The molecule has 4 nitrogen and oxygen atoms in total. The standard InChI is InChI=1S/C15H13Cl2NO3/c1-20-13-4-2-3-12(18)14(13)15(19)21-8-9-5-6-10(16)11(17)7-9/h2-7H,8,18H2,1H3. The van der Waals surface area contributed by atoms with E-state index < -0.39 is 5.97 Å². The van der Waals surface area contributed by atoms with E-state index in [0.717, 1.165) is 5.56 Å². The molecule has 0 saturated carbocycles. The van der Waals surface area contributed by atoms with Crippen molar-refractivity contribution in [1.82, 2.24) is 0 Å². The van der Waals surface area contributed by atoms with E-state index in [1.807, 2.05) is 0 Å². The highest BCUT2D eigenvalue weighted by Crippen LogP contribution is 2.26. The molecule has 2 aromatic carbocycles. The SMILES string of the molecule is COc1cccc(N)c1C(=O)OCc1ccc(Cl)c(Cl)c1. The first-order valence-corrected chi connectivity index (χ1v) is 6.82. The second-order valence-corrected chi connectivity index (χ2v) is 5.06. The highest BCUT2D eigenvalue weighted by Gasteiger charge is 2.17. The molecule has 2 aromatic rings. The van der Waals surface area contributed by atoms with Crippen LogP contribution in [0.1, 0.15) is 15.9 Å². The Kier molecular flexibility index (Phi) is 4.94. The molecule has 0 aliphatic heterocycles. The van der Waals surface area contributed by atoms with Crippen LogP contribution in [0.25, 0.3) is 0 Å². The van der Waals surface area contributed by atoms with Gasteiger partial charge in [-0.3, -0.25) is 0 Å². The summed E-state index contributed by atoms with van der Waals surface area (Å²) in [6, 6.07) is 9.97. The minimum atomic E-state index is -0.559. The van der Waals surface area contributed by atoms with Crippen molar-refractivity contribution in [2.45, 2.75) is 6.61 Å². The van der Waals surface area contributed by atoms with Gasteiger partial charge >= 0.3 is 5.97 Å². The number of carbonyl (C=O) groups is 1. The normalized spacial score (nSPS) is 10.2. The first-order valence-electron chi connectivity index (χ1n) is 6.06. The molecule has 0 radical (unpaired) electrons. The summed E-state index contributed by atoms with van der Waals surface area (Å²) in [4.78, 5) is 12.1. The second-order valence-electron chi connectivity index (χ2n) is 4.25. The number of halogens is 2. The summed E-state index contributed by atoms with van der Waals surface area (Å²) in [5, 5.41) is 0.850. The van der Waals surface area contributed by atoms with Gasteiger partial charge in [-0.1, -0.05) is 35.3 Å². The molecular formula is C15H13Cl2NO3. The zero-order valence-corrected chi connectivity index (χ0v) is 12.7. The molecule has 0 fully saturated rings. The predicted octanol–water partition coefficient (Wildman–Crippen LogP) is 3.94. The fourth-order valence-electron chi connectivity index (χ4n) is 1.79. The van der Waals surface area contributed by atoms with Crippen LogP contribution in [0.4, 0.5) is 5.69 Å². The Labute approximate surface area is 132 Å². The quantitative estimate of drug-likeness (QED) is 0.683. The Hall–Kier alpha value is -1.91. The first kappa shape index (κ1) is 15.5. The summed E-state index contributed by atoms with van der Waals surface area (Å²) in [5.41, 5.74) is 7.03. The molecule has 21 heavy (non-hydrogen) atoms. The lowest BCUT2D eigenvalue weighted by Gasteiger charge is -2.11. The van der Waals surface area contributed by atoms with E-state index in [1.165, 1.54) is 7.11 Å². The molecule has 0 aromatic heterocycles. The maximum Gasteiger partial charge on any atom is 0.344 e. The lowest BCUT2D eigenvalue weighted by molar-refractivity contribution is 0.0470. The van der Waals surface area contributed by atoms with Crippen molar-refractivity contribution in [3.05, 3.63) is 57.6 Å². The monoisotopic (exact) mass is 325 g/mol. The average Bonchev–Trinajstić information content (AvgIpc) is 2.47. The molecular weight excluding hydrogens is 313 g/mol. The summed E-state index contributed by atoms with van der Waals surface area (Å²) >= 11 is 11.7. The number of nitrogens with two attached hydrogens (primary N) is 1. The van der Waals surface area contributed by atoms with Crippen LogP contribution in [0.3, 0.4) is 0 Å². The van der Waals surface area contributed by atoms with Gasteiger partial charge in [0.05, 0.1) is 17.2 Å². The third-order valence-electron chi connectivity index (χ3n) is 2.84. The van der Waals surface area contributed by atoms with Crippen LogP contribution in [0.15, 0.2) is 36.4 Å². The minimum absolute atomic E-state index is 0.0627. The third-order valence-corrected chi connectivity index (χ3v) is 3.58. The lowest BCUT2D eigenvalue weighted by Crippen LogP contribution is -2.10. The number of hydrogen-bond donors (Lipinski definition) is 1. The number of hydrogen-bond acceptors (Lipinski definition) is 4. The van der Waals surface area contributed by atoms with E-state index in [2.05, 4.69) is 0 Å². The van der Waals surface area contributed by atoms with Gasteiger partial charge in [0.1, 0.15) is 17.9 Å². The molecule has 0 spiro atoms. The van der Waals surface area contributed by atoms with E-state index in [0.29, 0.717) is 21.5 Å². The number of methoxy groups -OCH3 is 1. The van der Waals surface area contributed by atoms with Gasteiger partial charge in [0, 0.05) is 5.69 Å². The predicted molar refractivity (Wildman–Crippen MR) is 83.0 cm³/mol. The number of nitrogen functional groups attached to an aromatic ring is 1. The minimum Gasteiger partial charge on any atom is -0.496 e. The Morgan fingerprint density at radius 3 is 2.62 bits per heavy atom. The van der Waals surface area contributed by atoms with Gasteiger partial charge in [-0.15, -0.1) is 0 Å². The molecule has 0 bridgehead atoms. The zero-order chi connectivity index (χ0) is 15.4. The molecule has 0 aliphatic carbocycles. The van der Waals surface area contributed by atoms with Gasteiger partial charge in [0.15, 0.2) is 0 Å². The van der Waals surface area contributed by atoms with E-state index in [1.54, 1.807) is 36.4 Å². The number of benzene rings is 2. The maximum atomic E-state index is 12.1. The highest BCUT2D eigenvalue weighted by atomic mass is 35.5. The van der Waals surface area contributed by atoms with Crippen molar-refractivity contribution in [1.29, 1.82) is 0 Å². The highest BCUT2D eigenvalue weighted by molar-refractivity contribution is 6.42. The van der Waals surface area contributed by atoms with Gasteiger partial charge in [-0.25, -0.2) is 4.79 Å². The van der Waals surface area contributed by atoms with Crippen LogP contribution >= 0.6 is 23.2 Å². The summed E-state index contributed by atoms with van der Waals surface area (Å²) in [5.74, 6) is -0.190. The van der Waals surface area contributed by atoms with Crippen LogP contribution in [0, 0.1) is 0 Å². The van der Waals surface area contributed by atoms with Crippen LogP contribution in [-0.2, 0) is 11.3 Å². The largest absolute Gasteiger partial charge is 0.496 e. The molecule has 6 heteroatoms. The van der Waals surface area contributed by atoms with Gasteiger partial charge in [0.25, 0.3) is 0 Å². The Bertz CT molecular complexity index is 674. The molecule has 0 unspecified atom stereocenters. The summed E-state index contributed by atoms with van der Waals surface area (Å²) in [6.07, 6.45) is 0. The molecule has 0 amide bonds. The van der Waals surface area contributed by atoms with Crippen molar-refractivity contribution in [2.75, 3.05) is 12.8 Å². The van der Waals surface area contributed by atoms with E-state index in [-0.39, 0.29) is 12.2 Å². The molecule has 110 valence electrons. The summed E-state index contributed by atoms with van der Waals surface area (Å²) < 4.78 is 10.3. The van der Waals surface area contributed by atoms with Gasteiger partial charge in [-0.05, 0) is 29.8 Å². The number of anilines is 1. The van der Waals surface area contributed by atoms with Gasteiger partial charge in [0.2, 0.25) is 0 Å². The Morgan fingerprint density at radius 1 is 1.19 bits per heavy atom. The van der Waals surface area contributed by atoms with E-state index in [4.69, 9.17) is 38.4 Å². The Morgan fingerprint density at radius 2 is 1.95 bits per heavy atom. The van der Waals surface area contributed by atoms with Crippen LogP contribution in [0.5, 0.6) is 5.75 Å². The average molecular weight is 326 g/mol. The number of esters is 1. The van der Waals surface area contributed by atoms with Crippen molar-refractivity contribution < 1.29 is 14.3 Å². The molecule has 2 rings (SSSR count). The van der Waals surface area contributed by atoms with E-state index in [9.17, 15) is 4.79 Å². The Balaban J connectivity index is 2.13. The van der Waals surface area contributed by atoms with Crippen molar-refractivity contribution in [2.24, 2.45) is 0 Å². The number of rotatable bonds is 4. The second kappa shape index (κ2) is 6.70. The van der Waals surface area contributed by atoms with Crippen LogP contribution in [-0.4, -0.2) is 13.1 Å². The molecule has 0 aliphatic rings. The van der Waals surface area contributed by atoms with Gasteiger partial charge in [-0.2, -0.15) is 0 Å². The topological polar surface area (TPSA) is 61.5 Å². The fraction of sp³-hybridized carbons (Fsp3) is 0.133. The van der Waals surface area contributed by atoms with Gasteiger partial charge < -0.3 is 15.2 Å². The number of ether oxygens (including phenoxy) is 2. The summed E-state index contributed by atoms with van der Waals surface area (Å²) in [6.45, 7) is 0.0627. The summed E-state index contributed by atoms with van der Waals surface area (Å²) in [7, 11) is 1.46. The maximum absolute atomic E-state index is 12.1. The lowest BCUT2D eigenvalue weighted by atomic mass is 10.1. The van der Waals surface area contributed by atoms with Crippen molar-refractivity contribution >= 4 is 34.9 Å². The first-order chi connectivity index (χ1) is 10.0. The third kappa shape index (κ3) is 3.60. The molecule has 2 N–H and O–H groups in total. The molecule has 0 saturated heterocycles. The molecule has 0 heterocycles. The zero-order valence-electron chi connectivity index (χ0n) is 11.2. The fourth-order valence-corrected chi connectivity index (χ4v) is 2.11. The van der Waals surface area contributed by atoms with E-state index >= 15 is 0 Å². The number of carbonyl (C=O) groups excluding carboxylic acids is 1. The van der Waals surface area contributed by atoms with Crippen molar-refractivity contribution in [3.8, 4) is 5.75 Å².